The Morgan fingerprint density at radius 3 is 2.79 bits per heavy atom. The summed E-state index contributed by atoms with van der Waals surface area (Å²) < 4.78 is 27.4. The summed E-state index contributed by atoms with van der Waals surface area (Å²) in [5.74, 6) is -1.22. The Kier molecular flexibility index (Phi) is 3.76. The second-order valence-electron chi connectivity index (χ2n) is 5.47. The van der Waals surface area contributed by atoms with Gasteiger partial charge in [-0.2, -0.15) is 4.31 Å². The molecule has 1 saturated heterocycles. The minimum Gasteiger partial charge on any atom is -0.480 e. The van der Waals surface area contributed by atoms with Crippen LogP contribution in [0.4, 0.5) is 0 Å². The van der Waals surface area contributed by atoms with Crippen LogP contribution in [0.3, 0.4) is 0 Å². The number of hydrogen-bond acceptors (Lipinski definition) is 6. The van der Waals surface area contributed by atoms with E-state index in [1.54, 1.807) is 0 Å². The summed E-state index contributed by atoms with van der Waals surface area (Å²) in [6, 6.07) is -0.0307. The summed E-state index contributed by atoms with van der Waals surface area (Å²) in [4.78, 5) is 40.4. The maximum absolute atomic E-state index is 12.7. The number of aromatic nitrogens is 3. The fourth-order valence-electron chi connectivity index (χ4n) is 2.77. The molecule has 1 aliphatic heterocycles. The van der Waals surface area contributed by atoms with Crippen LogP contribution in [0.15, 0.2) is 26.7 Å². The average Bonchev–Trinajstić information content (AvgIpc) is 3.03. The van der Waals surface area contributed by atoms with Gasteiger partial charge in [-0.25, -0.2) is 18.2 Å². The van der Waals surface area contributed by atoms with E-state index in [2.05, 4.69) is 9.97 Å². The molecule has 3 heterocycles. The molecule has 0 aromatic carbocycles. The number of H-pyrrole nitrogens is 1. The smallest absolute Gasteiger partial charge is 0.329 e. The van der Waals surface area contributed by atoms with Gasteiger partial charge in [0.2, 0.25) is 10.0 Å². The van der Waals surface area contributed by atoms with Gasteiger partial charge in [0, 0.05) is 19.8 Å². The first-order chi connectivity index (χ1) is 11.2. The molecule has 0 amide bonds. The van der Waals surface area contributed by atoms with E-state index in [-0.39, 0.29) is 28.9 Å². The summed E-state index contributed by atoms with van der Waals surface area (Å²) in [7, 11) is -2.72. The number of carbonyl (C=O) groups is 1. The lowest BCUT2D eigenvalue weighted by atomic mass is 10.2. The van der Waals surface area contributed by atoms with Crippen LogP contribution in [0.2, 0.25) is 0 Å². The van der Waals surface area contributed by atoms with Gasteiger partial charge < -0.3 is 5.11 Å². The minimum atomic E-state index is -4.11. The van der Waals surface area contributed by atoms with Crippen molar-refractivity contribution in [3.05, 3.63) is 33.1 Å². The van der Waals surface area contributed by atoms with E-state index in [0.717, 1.165) is 21.1 Å². The van der Waals surface area contributed by atoms with Crippen molar-refractivity contribution in [3.63, 3.8) is 0 Å². The van der Waals surface area contributed by atoms with Gasteiger partial charge in [-0.3, -0.25) is 19.1 Å². The van der Waals surface area contributed by atoms with Crippen molar-refractivity contribution in [3.8, 4) is 0 Å². The SMILES string of the molecule is Cn1c(=O)[nH]c(=O)c2cc(S(=O)(=O)N3CCC[C@H]3C(=O)O)cnc21. The van der Waals surface area contributed by atoms with Crippen molar-refractivity contribution < 1.29 is 18.3 Å². The molecule has 10 nitrogen and oxygen atoms in total. The molecule has 0 saturated carbocycles. The van der Waals surface area contributed by atoms with E-state index in [4.69, 9.17) is 5.11 Å². The first-order valence-electron chi connectivity index (χ1n) is 7.07. The molecule has 0 aliphatic carbocycles. The third-order valence-corrected chi connectivity index (χ3v) is 5.90. The van der Waals surface area contributed by atoms with E-state index >= 15 is 0 Å². The summed E-state index contributed by atoms with van der Waals surface area (Å²) in [6.45, 7) is 0.0843. The molecule has 2 N–H and O–H groups in total. The number of fused-ring (bicyclic) bond motifs is 1. The topological polar surface area (TPSA) is 142 Å². The maximum Gasteiger partial charge on any atom is 0.329 e. The lowest BCUT2D eigenvalue weighted by Gasteiger charge is -2.20. The number of aliphatic carboxylic acids is 1. The quantitative estimate of drug-likeness (QED) is 0.709. The van der Waals surface area contributed by atoms with Crippen molar-refractivity contribution in [2.45, 2.75) is 23.8 Å². The summed E-state index contributed by atoms with van der Waals surface area (Å²) in [5, 5.41) is 9.10. The fourth-order valence-corrected chi connectivity index (χ4v) is 4.39. The van der Waals surface area contributed by atoms with Crippen molar-refractivity contribution in [1.29, 1.82) is 0 Å². The minimum absolute atomic E-state index is 0.0407. The van der Waals surface area contributed by atoms with Crippen LogP contribution >= 0.6 is 0 Å². The average molecular weight is 354 g/mol. The van der Waals surface area contributed by atoms with E-state index < -0.39 is 33.3 Å². The Labute approximate surface area is 135 Å². The Morgan fingerprint density at radius 1 is 1.42 bits per heavy atom. The normalized spacial score (nSPS) is 19.0. The highest BCUT2D eigenvalue weighted by Gasteiger charge is 2.39. The van der Waals surface area contributed by atoms with Crippen LogP contribution < -0.4 is 11.2 Å². The number of nitrogens with zero attached hydrogens (tertiary/aromatic N) is 3. The predicted octanol–water partition coefficient (Wildman–Crippen LogP) is -1.14. The number of nitrogens with one attached hydrogen (secondary N) is 1. The van der Waals surface area contributed by atoms with Crippen molar-refractivity contribution in [2.24, 2.45) is 7.05 Å². The molecule has 24 heavy (non-hydrogen) atoms. The Hall–Kier alpha value is -2.53. The van der Waals surface area contributed by atoms with Crippen LogP contribution in [0, 0.1) is 0 Å². The van der Waals surface area contributed by atoms with Gasteiger partial charge in [0.05, 0.1) is 5.39 Å². The van der Waals surface area contributed by atoms with Crippen molar-refractivity contribution >= 4 is 27.0 Å². The van der Waals surface area contributed by atoms with Crippen LogP contribution in [-0.2, 0) is 21.9 Å². The molecule has 0 unspecified atom stereocenters. The standard InChI is InChI=1S/C13H14N4O6S/c1-16-10-8(11(18)15-13(16)21)5-7(6-14-10)24(22,23)17-4-2-3-9(17)12(19)20/h5-6,9H,2-4H2,1H3,(H,19,20)(H,15,18,21)/t9-/m0/s1. The van der Waals surface area contributed by atoms with Crippen molar-refractivity contribution in [2.75, 3.05) is 6.54 Å². The van der Waals surface area contributed by atoms with Gasteiger partial charge in [0.15, 0.2) is 0 Å². The predicted molar refractivity (Wildman–Crippen MR) is 82.2 cm³/mol. The van der Waals surface area contributed by atoms with Gasteiger partial charge >= 0.3 is 11.7 Å². The van der Waals surface area contributed by atoms with Gasteiger partial charge in [-0.05, 0) is 18.9 Å². The first-order valence-corrected chi connectivity index (χ1v) is 8.51. The molecule has 128 valence electrons. The van der Waals surface area contributed by atoms with Gasteiger partial charge in [0.1, 0.15) is 16.6 Å². The van der Waals surface area contributed by atoms with Crippen LogP contribution in [0.5, 0.6) is 0 Å². The monoisotopic (exact) mass is 354 g/mol. The highest BCUT2D eigenvalue weighted by Crippen LogP contribution is 2.26. The Morgan fingerprint density at radius 2 is 2.12 bits per heavy atom. The van der Waals surface area contributed by atoms with Crippen molar-refractivity contribution in [1.82, 2.24) is 18.8 Å². The molecule has 1 atom stereocenters. The maximum atomic E-state index is 12.7. The molecular weight excluding hydrogens is 340 g/mol. The van der Waals surface area contributed by atoms with E-state index in [1.165, 1.54) is 7.05 Å². The lowest BCUT2D eigenvalue weighted by Crippen LogP contribution is -2.40. The van der Waals surface area contributed by atoms with E-state index in [1.807, 2.05) is 0 Å². The van der Waals surface area contributed by atoms with Gasteiger partial charge in [-0.15, -0.1) is 0 Å². The number of carboxylic acid groups (broad SMARTS) is 1. The fraction of sp³-hybridized carbons (Fsp3) is 0.385. The zero-order chi connectivity index (χ0) is 17.6. The summed E-state index contributed by atoms with van der Waals surface area (Å²) >= 11 is 0. The molecule has 0 spiro atoms. The largest absolute Gasteiger partial charge is 0.480 e. The third kappa shape index (κ3) is 2.41. The number of rotatable bonds is 3. The molecule has 0 radical (unpaired) electrons. The molecule has 1 aliphatic rings. The van der Waals surface area contributed by atoms with Gasteiger partial charge in [-0.1, -0.05) is 0 Å². The summed E-state index contributed by atoms with van der Waals surface area (Å²) in [6.07, 6.45) is 1.69. The second kappa shape index (κ2) is 5.53. The van der Waals surface area contributed by atoms with E-state index in [0.29, 0.717) is 6.42 Å². The molecule has 1 fully saturated rings. The number of aryl methyl sites for hydroxylation is 1. The molecule has 3 rings (SSSR count). The zero-order valence-corrected chi connectivity index (χ0v) is 13.4. The molecule has 11 heteroatoms. The highest BCUT2D eigenvalue weighted by atomic mass is 32.2. The molecule has 0 bridgehead atoms. The number of hydrogen-bond donors (Lipinski definition) is 2. The highest BCUT2D eigenvalue weighted by molar-refractivity contribution is 7.89. The number of sulfonamides is 1. The number of pyridine rings is 1. The van der Waals surface area contributed by atoms with Crippen LogP contribution in [0.25, 0.3) is 11.0 Å². The molecule has 2 aromatic rings. The van der Waals surface area contributed by atoms with Crippen LogP contribution in [0.1, 0.15) is 12.8 Å². The third-order valence-electron chi connectivity index (χ3n) is 4.02. The zero-order valence-electron chi connectivity index (χ0n) is 12.6. The Balaban J connectivity index is 2.18. The van der Waals surface area contributed by atoms with Gasteiger partial charge in [0.25, 0.3) is 5.56 Å². The van der Waals surface area contributed by atoms with Crippen LogP contribution in [-0.4, -0.2) is 50.9 Å². The second-order valence-corrected chi connectivity index (χ2v) is 7.36. The first kappa shape index (κ1) is 16.3. The molecular formula is C13H14N4O6S. The number of aromatic amines is 1. The number of carboxylic acids is 1. The summed E-state index contributed by atoms with van der Waals surface area (Å²) in [5.41, 5.74) is -1.38. The Bertz CT molecular complexity index is 1050. The molecule has 2 aromatic heterocycles. The van der Waals surface area contributed by atoms with E-state index in [9.17, 15) is 22.8 Å². The lowest BCUT2D eigenvalue weighted by molar-refractivity contribution is -0.140.